The van der Waals surface area contributed by atoms with E-state index in [2.05, 4.69) is 10.6 Å². The van der Waals surface area contributed by atoms with Crippen molar-refractivity contribution in [2.75, 3.05) is 5.32 Å². The zero-order valence-corrected chi connectivity index (χ0v) is 16.6. The highest BCUT2D eigenvalue weighted by Crippen LogP contribution is 2.31. The first-order valence-electron chi connectivity index (χ1n) is 9.24. The number of para-hydroxylation sites is 1. The van der Waals surface area contributed by atoms with Gasteiger partial charge in [0.25, 0.3) is 5.91 Å². The molecule has 152 valence electrons. The summed E-state index contributed by atoms with van der Waals surface area (Å²) in [5.74, 6) is -0.202. The molecular formula is C23H18F2N2O2S. The Morgan fingerprint density at radius 3 is 2.47 bits per heavy atom. The van der Waals surface area contributed by atoms with E-state index in [9.17, 15) is 13.6 Å². The van der Waals surface area contributed by atoms with Crippen LogP contribution in [0.2, 0.25) is 0 Å². The van der Waals surface area contributed by atoms with Gasteiger partial charge in [-0.15, -0.1) is 0 Å². The lowest BCUT2D eigenvalue weighted by Gasteiger charge is -2.12. The molecule has 4 nitrogen and oxygen atoms in total. The number of carbonyl (C=O) groups excluding carboxylic acids is 1. The largest absolute Gasteiger partial charge is 0.489 e. The number of anilines is 1. The summed E-state index contributed by atoms with van der Waals surface area (Å²) in [4.78, 5) is 12.8. The summed E-state index contributed by atoms with van der Waals surface area (Å²) in [6.07, 6.45) is 1.77. The maximum atomic E-state index is 13.8. The van der Waals surface area contributed by atoms with Crippen LogP contribution in [-0.4, -0.2) is 11.4 Å². The van der Waals surface area contributed by atoms with E-state index in [4.69, 9.17) is 4.74 Å². The molecule has 1 aliphatic rings. The third kappa shape index (κ3) is 4.99. The molecule has 0 saturated carbocycles. The zero-order valence-electron chi connectivity index (χ0n) is 15.8. The van der Waals surface area contributed by atoms with Gasteiger partial charge in [-0.3, -0.25) is 4.79 Å². The number of nitrogens with one attached hydrogen (secondary N) is 2. The average Bonchev–Trinajstić information content (AvgIpc) is 3.09. The lowest BCUT2D eigenvalue weighted by Crippen LogP contribution is -2.31. The van der Waals surface area contributed by atoms with Crippen LogP contribution in [0.25, 0.3) is 6.08 Å². The molecule has 0 aliphatic carbocycles. The number of ether oxygens (including phenoxy) is 1. The van der Waals surface area contributed by atoms with E-state index in [1.54, 1.807) is 36.4 Å². The van der Waals surface area contributed by atoms with E-state index in [-0.39, 0.29) is 17.5 Å². The third-order valence-electron chi connectivity index (χ3n) is 4.39. The van der Waals surface area contributed by atoms with Gasteiger partial charge in [-0.1, -0.05) is 48.2 Å². The van der Waals surface area contributed by atoms with Crippen LogP contribution < -0.4 is 15.4 Å². The molecule has 0 radical (unpaired) electrons. The highest BCUT2D eigenvalue weighted by molar-refractivity contribution is 8.05. The molecule has 3 aromatic rings. The van der Waals surface area contributed by atoms with Crippen molar-refractivity contribution < 1.29 is 18.3 Å². The molecule has 4 rings (SSSR count). The van der Waals surface area contributed by atoms with Crippen LogP contribution in [0.4, 0.5) is 14.5 Å². The molecule has 7 heteroatoms. The van der Waals surface area contributed by atoms with Gasteiger partial charge in [0.2, 0.25) is 0 Å². The fraction of sp³-hybridized carbons (Fsp3) is 0.0870. The van der Waals surface area contributed by atoms with Crippen molar-refractivity contribution >= 4 is 29.4 Å². The number of benzene rings is 3. The van der Waals surface area contributed by atoms with Gasteiger partial charge in [0, 0.05) is 0 Å². The fourth-order valence-corrected chi connectivity index (χ4v) is 3.82. The Morgan fingerprint density at radius 2 is 1.73 bits per heavy atom. The number of carbonyl (C=O) groups is 1. The average molecular weight is 424 g/mol. The van der Waals surface area contributed by atoms with E-state index >= 15 is 0 Å². The van der Waals surface area contributed by atoms with E-state index < -0.39 is 5.50 Å². The molecule has 3 aromatic carbocycles. The Balaban J connectivity index is 1.36. The van der Waals surface area contributed by atoms with E-state index in [0.717, 1.165) is 11.1 Å². The molecule has 1 aliphatic heterocycles. The van der Waals surface area contributed by atoms with Crippen molar-refractivity contribution in [2.45, 2.75) is 12.1 Å². The minimum atomic E-state index is -0.445. The third-order valence-corrected chi connectivity index (χ3v) is 5.42. The quantitative estimate of drug-likeness (QED) is 0.538. The second kappa shape index (κ2) is 9.00. The summed E-state index contributed by atoms with van der Waals surface area (Å²) >= 11 is 1.29. The van der Waals surface area contributed by atoms with Crippen molar-refractivity contribution in [1.29, 1.82) is 0 Å². The Labute approximate surface area is 177 Å². The van der Waals surface area contributed by atoms with Gasteiger partial charge in [-0.05, 0) is 53.6 Å². The minimum Gasteiger partial charge on any atom is -0.489 e. The Morgan fingerprint density at radius 1 is 1.00 bits per heavy atom. The summed E-state index contributed by atoms with van der Waals surface area (Å²) < 4.78 is 32.4. The van der Waals surface area contributed by atoms with Crippen molar-refractivity contribution in [2.24, 2.45) is 0 Å². The molecule has 0 aromatic heterocycles. The molecule has 2 N–H and O–H groups in total. The molecule has 0 spiro atoms. The topological polar surface area (TPSA) is 50.4 Å². The summed E-state index contributed by atoms with van der Waals surface area (Å²) in [6.45, 7) is 0.336. The van der Waals surface area contributed by atoms with Crippen LogP contribution in [0.3, 0.4) is 0 Å². The molecule has 30 heavy (non-hydrogen) atoms. The molecule has 1 unspecified atom stereocenters. The number of thioether (sulfide) groups is 1. The van der Waals surface area contributed by atoms with Gasteiger partial charge in [0.15, 0.2) is 5.50 Å². The smallest absolute Gasteiger partial charge is 0.260 e. The molecular weight excluding hydrogens is 406 g/mol. The van der Waals surface area contributed by atoms with Crippen molar-refractivity contribution in [1.82, 2.24) is 5.32 Å². The highest BCUT2D eigenvalue weighted by atomic mass is 32.2. The second-order valence-electron chi connectivity index (χ2n) is 6.59. The molecule has 1 saturated heterocycles. The van der Waals surface area contributed by atoms with Crippen LogP contribution >= 0.6 is 11.8 Å². The number of halogens is 2. The van der Waals surface area contributed by atoms with Gasteiger partial charge in [-0.2, -0.15) is 0 Å². The van der Waals surface area contributed by atoms with Gasteiger partial charge < -0.3 is 15.4 Å². The second-order valence-corrected chi connectivity index (χ2v) is 7.74. The minimum absolute atomic E-state index is 0.217. The first-order valence-corrected chi connectivity index (χ1v) is 10.1. The van der Waals surface area contributed by atoms with Crippen LogP contribution in [0.15, 0.2) is 77.7 Å². The van der Waals surface area contributed by atoms with Gasteiger partial charge in [-0.25, -0.2) is 8.78 Å². The van der Waals surface area contributed by atoms with Crippen LogP contribution in [0.1, 0.15) is 11.1 Å². The first-order chi connectivity index (χ1) is 14.6. The van der Waals surface area contributed by atoms with Crippen molar-refractivity contribution in [3.05, 3.63) is 100 Å². The van der Waals surface area contributed by atoms with Crippen LogP contribution in [0, 0.1) is 11.6 Å². The van der Waals surface area contributed by atoms with Crippen LogP contribution in [0.5, 0.6) is 5.75 Å². The lowest BCUT2D eigenvalue weighted by molar-refractivity contribution is -0.116. The zero-order chi connectivity index (χ0) is 20.9. The number of rotatable bonds is 6. The Bertz CT molecular complexity index is 1070. The van der Waals surface area contributed by atoms with Gasteiger partial charge in [0.05, 0.1) is 10.6 Å². The first kappa shape index (κ1) is 20.0. The summed E-state index contributed by atoms with van der Waals surface area (Å²) in [7, 11) is 0. The van der Waals surface area contributed by atoms with E-state index in [0.29, 0.717) is 22.9 Å². The monoisotopic (exact) mass is 424 g/mol. The van der Waals surface area contributed by atoms with Gasteiger partial charge >= 0.3 is 0 Å². The summed E-state index contributed by atoms with van der Waals surface area (Å²) in [6, 6.07) is 19.8. The summed E-state index contributed by atoms with van der Waals surface area (Å²) in [5.41, 5.74) is 1.60. The highest BCUT2D eigenvalue weighted by Gasteiger charge is 2.27. The van der Waals surface area contributed by atoms with E-state index in [1.807, 2.05) is 24.3 Å². The lowest BCUT2D eigenvalue weighted by atomic mass is 10.2. The van der Waals surface area contributed by atoms with Gasteiger partial charge in [0.1, 0.15) is 24.0 Å². The predicted octanol–water partition coefficient (Wildman–Crippen LogP) is 5.14. The fourth-order valence-electron chi connectivity index (χ4n) is 2.84. The number of amides is 1. The molecule has 1 atom stereocenters. The van der Waals surface area contributed by atoms with Crippen molar-refractivity contribution in [3.8, 4) is 5.75 Å². The molecule has 1 heterocycles. The standard InChI is InChI=1S/C23H18F2N2O2S/c24-17-9-5-16(6-10-17)14-29-18-11-7-15(8-12-18)13-21-22(28)27-23(30-21)26-20-4-2-1-3-19(20)25/h1-13,23,26H,14H2,(H,27,28)/b21-13-. The summed E-state index contributed by atoms with van der Waals surface area (Å²) in [5, 5.41) is 5.75. The SMILES string of the molecule is O=C1NC(Nc2ccccc2F)S/C1=C\c1ccc(OCc2ccc(F)cc2)cc1. The molecule has 1 amide bonds. The Kier molecular flexibility index (Phi) is 5.99. The van der Waals surface area contributed by atoms with E-state index in [1.165, 1.54) is 30.0 Å². The maximum Gasteiger partial charge on any atom is 0.260 e. The van der Waals surface area contributed by atoms with Crippen molar-refractivity contribution in [3.63, 3.8) is 0 Å². The molecule has 1 fully saturated rings. The molecule has 0 bridgehead atoms. The predicted molar refractivity (Wildman–Crippen MR) is 115 cm³/mol. The van der Waals surface area contributed by atoms with Crippen LogP contribution in [-0.2, 0) is 11.4 Å². The maximum absolute atomic E-state index is 13.8. The normalized spacial score (nSPS) is 17.1. The number of hydrogen-bond acceptors (Lipinski definition) is 4. The Hall–Kier alpha value is -3.32. The number of hydrogen-bond donors (Lipinski definition) is 2.